The average Bonchev–Trinajstić information content (AvgIpc) is 3.12. The number of nitrogens with one attached hydrogen (secondary N) is 3. The molecule has 1 heterocycles. The predicted octanol–water partition coefficient (Wildman–Crippen LogP) is 4.97. The van der Waals surface area contributed by atoms with E-state index in [4.69, 9.17) is 5.73 Å². The number of rotatable bonds is 6. The van der Waals surface area contributed by atoms with Gasteiger partial charge in [-0.3, -0.25) is 4.99 Å². The maximum Gasteiger partial charge on any atom is 0.416 e. The number of allylic oxidation sites excluding steroid dienone is 1. The quantitative estimate of drug-likeness (QED) is 0.335. The first-order valence-corrected chi connectivity index (χ1v) is 9.97. The number of aromatic nitrogens is 1. The second kappa shape index (κ2) is 9.37. The number of urea groups is 1. The molecule has 0 fully saturated rings. The van der Waals surface area contributed by atoms with Gasteiger partial charge in [-0.2, -0.15) is 13.2 Å². The first-order valence-electron chi connectivity index (χ1n) is 9.97. The monoisotopic (exact) mass is 459 g/mol. The Morgan fingerprint density at radius 3 is 2.45 bits per heavy atom. The normalized spacial score (nSPS) is 13.0. The van der Waals surface area contributed by atoms with E-state index < -0.39 is 23.4 Å². The van der Waals surface area contributed by atoms with Crippen LogP contribution in [0.1, 0.15) is 25.0 Å². The Balaban J connectivity index is 1.75. The summed E-state index contributed by atoms with van der Waals surface area (Å²) in [5.74, 6) is 0. The van der Waals surface area contributed by atoms with Crippen molar-refractivity contribution in [1.29, 1.82) is 0 Å². The van der Waals surface area contributed by atoms with Crippen LogP contribution in [0.25, 0.3) is 16.5 Å². The van der Waals surface area contributed by atoms with Crippen molar-refractivity contribution < 1.29 is 23.1 Å². The molecule has 0 saturated heterocycles. The number of aliphatic hydroxyl groups is 1. The molecule has 10 heteroatoms. The zero-order chi connectivity index (χ0) is 24.2. The second-order valence-corrected chi connectivity index (χ2v) is 8.02. The van der Waals surface area contributed by atoms with E-state index in [0.717, 1.165) is 23.2 Å². The Bertz CT molecular complexity index is 1190. The highest BCUT2D eigenvalue weighted by atomic mass is 19.4. The summed E-state index contributed by atoms with van der Waals surface area (Å²) in [4.78, 5) is 19.6. The molecule has 0 saturated carbocycles. The zero-order valence-corrected chi connectivity index (χ0v) is 18.0. The van der Waals surface area contributed by atoms with Gasteiger partial charge >= 0.3 is 12.2 Å². The van der Waals surface area contributed by atoms with Gasteiger partial charge in [0, 0.05) is 40.8 Å². The van der Waals surface area contributed by atoms with Crippen molar-refractivity contribution in [1.82, 2.24) is 4.98 Å². The Morgan fingerprint density at radius 2 is 1.85 bits per heavy atom. The standard InChI is InChI=1S/C23H24F3N5O2/c1-22(2,33)13-28-11-15(10-27)14-3-8-19-18(9-14)20(12-29-19)31-21(32)30-17-6-4-16(5-7-17)23(24,25)26/h3-12,29,33H,13,27H2,1-2H3,(H2,30,31,32)/b15-10+,28-11?. The molecule has 0 bridgehead atoms. The molecule has 174 valence electrons. The number of anilines is 2. The number of fused-ring (bicyclic) bond motifs is 1. The number of benzene rings is 2. The first kappa shape index (κ1) is 23.9. The third-order valence-electron chi connectivity index (χ3n) is 4.62. The molecule has 2 amide bonds. The lowest BCUT2D eigenvalue weighted by Crippen LogP contribution is -2.22. The van der Waals surface area contributed by atoms with E-state index in [1.165, 1.54) is 18.3 Å². The molecule has 0 radical (unpaired) electrons. The Hall–Kier alpha value is -3.79. The second-order valence-electron chi connectivity index (χ2n) is 8.02. The van der Waals surface area contributed by atoms with Crippen molar-refractivity contribution >= 4 is 40.1 Å². The molecular formula is C23H24F3N5O2. The van der Waals surface area contributed by atoms with Crippen molar-refractivity contribution in [3.63, 3.8) is 0 Å². The number of carbonyl (C=O) groups excluding carboxylic acids is 1. The van der Waals surface area contributed by atoms with Gasteiger partial charge in [0.05, 0.1) is 23.4 Å². The van der Waals surface area contributed by atoms with E-state index in [9.17, 15) is 23.1 Å². The van der Waals surface area contributed by atoms with Crippen LogP contribution in [0.5, 0.6) is 0 Å². The fourth-order valence-electron chi connectivity index (χ4n) is 3.01. The molecule has 2 aromatic carbocycles. The number of alkyl halides is 3. The van der Waals surface area contributed by atoms with Gasteiger partial charge in [-0.25, -0.2) is 4.79 Å². The van der Waals surface area contributed by atoms with Crippen LogP contribution in [-0.2, 0) is 6.18 Å². The highest BCUT2D eigenvalue weighted by Gasteiger charge is 2.30. The maximum atomic E-state index is 12.7. The van der Waals surface area contributed by atoms with Gasteiger partial charge in [0.2, 0.25) is 0 Å². The van der Waals surface area contributed by atoms with Crippen LogP contribution in [0, 0.1) is 0 Å². The Morgan fingerprint density at radius 1 is 1.15 bits per heavy atom. The lowest BCUT2D eigenvalue weighted by molar-refractivity contribution is -0.137. The number of amides is 2. The van der Waals surface area contributed by atoms with E-state index in [2.05, 4.69) is 20.6 Å². The third kappa shape index (κ3) is 6.36. The molecule has 0 unspecified atom stereocenters. The van der Waals surface area contributed by atoms with E-state index in [-0.39, 0.29) is 12.2 Å². The number of carbonyl (C=O) groups is 1. The summed E-state index contributed by atoms with van der Waals surface area (Å²) in [5.41, 5.74) is 6.82. The predicted molar refractivity (Wildman–Crippen MR) is 124 cm³/mol. The van der Waals surface area contributed by atoms with Gasteiger partial charge in [0.15, 0.2) is 0 Å². The lowest BCUT2D eigenvalue weighted by atomic mass is 10.0. The minimum atomic E-state index is -4.45. The smallest absolute Gasteiger partial charge is 0.404 e. The van der Waals surface area contributed by atoms with Crippen molar-refractivity contribution in [2.24, 2.45) is 10.7 Å². The number of halogens is 3. The van der Waals surface area contributed by atoms with Gasteiger partial charge < -0.3 is 26.5 Å². The Labute approximate surface area is 188 Å². The van der Waals surface area contributed by atoms with E-state index >= 15 is 0 Å². The van der Waals surface area contributed by atoms with Gasteiger partial charge in [-0.1, -0.05) is 6.07 Å². The SMILES string of the molecule is CC(C)(O)CN=C/C(=C\N)c1ccc2[nH]cc(NC(=O)Nc3ccc(C(F)(F)F)cc3)c2c1. The number of nitrogens with zero attached hydrogens (tertiary/aromatic N) is 1. The van der Waals surface area contributed by atoms with Crippen molar-refractivity contribution in [3.05, 3.63) is 66.0 Å². The molecule has 1 aromatic heterocycles. The number of aliphatic imine (C=N–C) groups is 1. The molecule has 0 spiro atoms. The van der Waals surface area contributed by atoms with Gasteiger partial charge in [-0.05, 0) is 55.8 Å². The largest absolute Gasteiger partial charge is 0.416 e. The van der Waals surface area contributed by atoms with Crippen LogP contribution in [0.4, 0.5) is 29.3 Å². The molecule has 0 aliphatic carbocycles. The highest BCUT2D eigenvalue weighted by molar-refractivity contribution is 6.12. The molecule has 0 aliphatic heterocycles. The summed E-state index contributed by atoms with van der Waals surface area (Å²) in [6.07, 6.45) is 0.121. The minimum absolute atomic E-state index is 0.202. The third-order valence-corrected chi connectivity index (χ3v) is 4.62. The summed E-state index contributed by atoms with van der Waals surface area (Å²) in [6.45, 7) is 3.50. The van der Waals surface area contributed by atoms with Gasteiger partial charge in [-0.15, -0.1) is 0 Å². The van der Waals surface area contributed by atoms with E-state index in [1.807, 2.05) is 18.2 Å². The molecule has 7 nitrogen and oxygen atoms in total. The molecular weight excluding hydrogens is 435 g/mol. The van der Waals surface area contributed by atoms with Crippen molar-refractivity contribution in [3.8, 4) is 0 Å². The first-order chi connectivity index (χ1) is 15.5. The fraction of sp³-hybridized carbons (Fsp3) is 0.217. The molecule has 6 N–H and O–H groups in total. The number of nitrogens with two attached hydrogens (primary N) is 1. The van der Waals surface area contributed by atoms with Crippen LogP contribution >= 0.6 is 0 Å². The molecule has 3 aromatic rings. The van der Waals surface area contributed by atoms with E-state index in [1.54, 1.807) is 26.3 Å². The number of hydrogen-bond donors (Lipinski definition) is 5. The number of H-pyrrole nitrogens is 1. The van der Waals surface area contributed by atoms with Crippen LogP contribution in [0.2, 0.25) is 0 Å². The Kier molecular flexibility index (Phi) is 6.78. The minimum Gasteiger partial charge on any atom is -0.404 e. The number of aromatic amines is 1. The zero-order valence-electron chi connectivity index (χ0n) is 18.0. The average molecular weight is 459 g/mol. The molecule has 0 atom stereocenters. The lowest BCUT2D eigenvalue weighted by Gasteiger charge is -2.13. The van der Waals surface area contributed by atoms with Crippen molar-refractivity contribution in [2.45, 2.75) is 25.6 Å². The van der Waals surface area contributed by atoms with Crippen LogP contribution < -0.4 is 16.4 Å². The van der Waals surface area contributed by atoms with Gasteiger partial charge in [0.1, 0.15) is 0 Å². The summed E-state index contributed by atoms with van der Waals surface area (Å²) >= 11 is 0. The van der Waals surface area contributed by atoms with Crippen LogP contribution in [-0.4, -0.2) is 34.5 Å². The van der Waals surface area contributed by atoms with E-state index in [0.29, 0.717) is 16.6 Å². The number of hydrogen-bond acceptors (Lipinski definition) is 4. The topological polar surface area (TPSA) is 116 Å². The van der Waals surface area contributed by atoms with Crippen LogP contribution in [0.3, 0.4) is 0 Å². The summed E-state index contributed by atoms with van der Waals surface area (Å²) in [7, 11) is 0. The maximum absolute atomic E-state index is 12.7. The fourth-order valence-corrected chi connectivity index (χ4v) is 3.01. The molecule has 3 rings (SSSR count). The van der Waals surface area contributed by atoms with Crippen molar-refractivity contribution in [2.75, 3.05) is 17.2 Å². The highest BCUT2D eigenvalue weighted by Crippen LogP contribution is 2.30. The summed E-state index contributed by atoms with van der Waals surface area (Å²) in [6, 6.07) is 9.01. The molecule has 33 heavy (non-hydrogen) atoms. The summed E-state index contributed by atoms with van der Waals surface area (Å²) < 4.78 is 38.1. The molecule has 0 aliphatic rings. The van der Waals surface area contributed by atoms with Gasteiger partial charge in [0.25, 0.3) is 0 Å². The van der Waals surface area contributed by atoms with Crippen LogP contribution in [0.15, 0.2) is 59.9 Å². The summed E-state index contributed by atoms with van der Waals surface area (Å²) in [5, 5.41) is 15.7.